The topological polar surface area (TPSA) is 35.5 Å². The molecular weight excluding hydrogens is 383 g/mol. The highest BCUT2D eigenvalue weighted by Crippen LogP contribution is 2.38. The highest BCUT2D eigenvalue weighted by molar-refractivity contribution is 6.99. The van der Waals surface area contributed by atoms with Crippen molar-refractivity contribution in [2.45, 2.75) is 45.8 Å². The summed E-state index contributed by atoms with van der Waals surface area (Å²) in [5, 5.41) is 2.15. The summed E-state index contributed by atoms with van der Waals surface area (Å²) >= 11 is 0. The normalized spacial score (nSPS) is 14.9. The number of carbonyl (C=O) groups is 1. The molecule has 3 nitrogen and oxygen atoms in total. The zero-order valence-electron chi connectivity index (χ0n) is 18.1. The lowest BCUT2D eigenvalue weighted by Gasteiger charge is -2.45. The van der Waals surface area contributed by atoms with Gasteiger partial charge in [0, 0.05) is 12.0 Å². The second-order valence-corrected chi connectivity index (χ2v) is 12.6. The van der Waals surface area contributed by atoms with Gasteiger partial charge in [0.05, 0.1) is 7.11 Å². The molecule has 156 valence electrons. The summed E-state index contributed by atoms with van der Waals surface area (Å²) in [5.74, 6) is -2.16. The molecule has 0 aromatic heterocycles. The van der Waals surface area contributed by atoms with Crippen molar-refractivity contribution < 1.29 is 18.3 Å². The van der Waals surface area contributed by atoms with Crippen LogP contribution in [-0.2, 0) is 14.0 Å². The number of rotatable bonds is 7. The third kappa shape index (κ3) is 5.03. The monoisotopic (exact) mass is 414 g/mol. The van der Waals surface area contributed by atoms with Crippen LogP contribution >= 0.6 is 0 Å². The van der Waals surface area contributed by atoms with Crippen LogP contribution in [0.2, 0.25) is 5.04 Å². The SMILES string of the molecule is COC(=O)C(F)=CC(C)C(C)O[Si](c1ccccc1)(c1ccccc1)C(C)(C)C. The first-order valence-electron chi connectivity index (χ1n) is 9.88. The molecule has 0 saturated carbocycles. The summed E-state index contributed by atoms with van der Waals surface area (Å²) < 4.78 is 25.5. The Bertz CT molecular complexity index is 789. The van der Waals surface area contributed by atoms with E-state index in [2.05, 4.69) is 49.8 Å². The van der Waals surface area contributed by atoms with Crippen LogP contribution in [-0.4, -0.2) is 27.5 Å². The number of carbonyl (C=O) groups excluding carboxylic acids is 1. The van der Waals surface area contributed by atoms with Gasteiger partial charge in [-0.25, -0.2) is 4.79 Å². The number of benzene rings is 2. The van der Waals surface area contributed by atoms with Gasteiger partial charge in [0.25, 0.3) is 8.32 Å². The van der Waals surface area contributed by atoms with Crippen LogP contribution in [0.25, 0.3) is 0 Å². The number of methoxy groups -OCH3 is 1. The fourth-order valence-corrected chi connectivity index (χ4v) is 8.40. The van der Waals surface area contributed by atoms with Crippen LogP contribution in [0, 0.1) is 5.92 Å². The van der Waals surface area contributed by atoms with Gasteiger partial charge in [0.2, 0.25) is 5.83 Å². The van der Waals surface area contributed by atoms with Crippen LogP contribution in [0.4, 0.5) is 4.39 Å². The van der Waals surface area contributed by atoms with Crippen molar-refractivity contribution in [2.75, 3.05) is 7.11 Å². The van der Waals surface area contributed by atoms with E-state index in [-0.39, 0.29) is 17.1 Å². The molecule has 0 fully saturated rings. The molecule has 0 bridgehead atoms. The van der Waals surface area contributed by atoms with Crippen LogP contribution in [0.15, 0.2) is 72.6 Å². The van der Waals surface area contributed by atoms with E-state index in [1.165, 1.54) is 13.2 Å². The van der Waals surface area contributed by atoms with Gasteiger partial charge in [-0.3, -0.25) is 0 Å². The minimum atomic E-state index is -2.73. The fourth-order valence-electron chi connectivity index (χ4n) is 3.61. The summed E-state index contributed by atoms with van der Waals surface area (Å²) in [4.78, 5) is 11.5. The lowest BCUT2D eigenvalue weighted by Crippen LogP contribution is -2.67. The summed E-state index contributed by atoms with van der Waals surface area (Å²) in [6.45, 7) is 10.4. The van der Waals surface area contributed by atoms with Crippen molar-refractivity contribution in [1.82, 2.24) is 0 Å². The standard InChI is InChI=1S/C24H31FO3Si/c1-18(17-22(25)23(26)27-6)19(2)28-29(24(3,4)5,20-13-9-7-10-14-20)21-15-11-8-12-16-21/h7-19H,1-6H3. The molecule has 2 atom stereocenters. The fraction of sp³-hybridized carbons (Fsp3) is 0.375. The third-order valence-corrected chi connectivity index (χ3v) is 10.4. The maximum atomic E-state index is 14.1. The van der Waals surface area contributed by atoms with Gasteiger partial charge in [0.1, 0.15) is 0 Å². The average molecular weight is 415 g/mol. The Balaban J connectivity index is 2.55. The Kier molecular flexibility index (Phi) is 7.55. The molecule has 2 unspecified atom stereocenters. The molecule has 0 N–H and O–H groups in total. The van der Waals surface area contributed by atoms with Crippen molar-refractivity contribution in [3.8, 4) is 0 Å². The van der Waals surface area contributed by atoms with E-state index in [1.807, 2.05) is 50.2 Å². The minimum Gasteiger partial charge on any atom is -0.464 e. The molecule has 0 amide bonds. The molecule has 0 radical (unpaired) electrons. The van der Waals surface area contributed by atoms with E-state index in [4.69, 9.17) is 4.43 Å². The summed E-state index contributed by atoms with van der Waals surface area (Å²) in [6, 6.07) is 20.6. The quantitative estimate of drug-likeness (QED) is 0.377. The number of hydrogen-bond donors (Lipinski definition) is 0. The minimum absolute atomic E-state index is 0.172. The summed E-state index contributed by atoms with van der Waals surface area (Å²) in [5.41, 5.74) is 0. The van der Waals surface area contributed by atoms with Gasteiger partial charge >= 0.3 is 5.97 Å². The molecule has 0 aliphatic rings. The van der Waals surface area contributed by atoms with Crippen molar-refractivity contribution in [3.63, 3.8) is 0 Å². The lowest BCUT2D eigenvalue weighted by atomic mass is 10.1. The Hall–Kier alpha value is -2.24. The smallest absolute Gasteiger partial charge is 0.366 e. The van der Waals surface area contributed by atoms with Crippen LogP contribution in [0.1, 0.15) is 34.6 Å². The predicted molar refractivity (Wildman–Crippen MR) is 119 cm³/mol. The van der Waals surface area contributed by atoms with Crippen LogP contribution in [0.5, 0.6) is 0 Å². The first-order valence-corrected chi connectivity index (χ1v) is 11.8. The molecule has 0 aliphatic carbocycles. The second kappa shape index (κ2) is 9.50. The van der Waals surface area contributed by atoms with E-state index < -0.39 is 20.1 Å². The average Bonchev–Trinajstić information content (AvgIpc) is 2.71. The third-order valence-electron chi connectivity index (χ3n) is 5.31. The highest BCUT2D eigenvalue weighted by Gasteiger charge is 2.51. The van der Waals surface area contributed by atoms with Crippen LogP contribution in [0.3, 0.4) is 0 Å². The van der Waals surface area contributed by atoms with E-state index in [9.17, 15) is 9.18 Å². The van der Waals surface area contributed by atoms with Gasteiger partial charge in [-0.1, -0.05) is 88.4 Å². The van der Waals surface area contributed by atoms with Crippen molar-refractivity contribution in [3.05, 3.63) is 72.6 Å². The van der Waals surface area contributed by atoms with E-state index in [0.29, 0.717) is 0 Å². The summed E-state index contributed by atoms with van der Waals surface area (Å²) in [7, 11) is -1.56. The van der Waals surface area contributed by atoms with Gasteiger partial charge < -0.3 is 9.16 Å². The highest BCUT2D eigenvalue weighted by atomic mass is 28.4. The molecule has 2 rings (SSSR count). The first kappa shape index (κ1) is 23.0. The Morgan fingerprint density at radius 2 is 1.41 bits per heavy atom. The van der Waals surface area contributed by atoms with Crippen molar-refractivity contribution in [1.29, 1.82) is 0 Å². The lowest BCUT2D eigenvalue weighted by molar-refractivity contribution is -0.137. The van der Waals surface area contributed by atoms with Gasteiger partial charge in [-0.15, -0.1) is 0 Å². The largest absolute Gasteiger partial charge is 0.464 e. The summed E-state index contributed by atoms with van der Waals surface area (Å²) in [6.07, 6.45) is 0.977. The van der Waals surface area contributed by atoms with Gasteiger partial charge in [-0.2, -0.15) is 4.39 Å². The maximum Gasteiger partial charge on any atom is 0.366 e. The molecule has 2 aromatic rings. The van der Waals surface area contributed by atoms with Crippen LogP contribution < -0.4 is 10.4 Å². The van der Waals surface area contributed by atoms with E-state index in [1.54, 1.807) is 0 Å². The number of ether oxygens (including phenoxy) is 1. The number of hydrogen-bond acceptors (Lipinski definition) is 3. The number of halogens is 1. The zero-order valence-corrected chi connectivity index (χ0v) is 19.1. The first-order chi connectivity index (χ1) is 13.6. The van der Waals surface area contributed by atoms with E-state index in [0.717, 1.165) is 10.4 Å². The van der Waals surface area contributed by atoms with Crippen molar-refractivity contribution in [2.24, 2.45) is 5.92 Å². The van der Waals surface area contributed by atoms with Gasteiger partial charge in [-0.05, 0) is 28.4 Å². The Morgan fingerprint density at radius 3 is 1.79 bits per heavy atom. The van der Waals surface area contributed by atoms with Crippen molar-refractivity contribution >= 4 is 24.7 Å². The molecule has 0 aliphatic heterocycles. The zero-order chi connectivity index (χ0) is 21.7. The molecule has 0 saturated heterocycles. The molecule has 5 heteroatoms. The maximum absolute atomic E-state index is 14.1. The molecule has 29 heavy (non-hydrogen) atoms. The Labute approximate surface area is 174 Å². The molecular formula is C24H31FO3Si. The Morgan fingerprint density at radius 1 is 0.966 bits per heavy atom. The molecule has 2 aromatic carbocycles. The van der Waals surface area contributed by atoms with E-state index >= 15 is 0 Å². The predicted octanol–water partition coefficient (Wildman–Crippen LogP) is 4.61. The molecule has 0 heterocycles. The second-order valence-electron chi connectivity index (χ2n) is 8.35. The molecule has 0 spiro atoms. The number of esters is 1. The van der Waals surface area contributed by atoms with Gasteiger partial charge in [0.15, 0.2) is 0 Å².